The van der Waals surface area contributed by atoms with Crippen LogP contribution in [0.1, 0.15) is 42.5 Å². The van der Waals surface area contributed by atoms with Crippen molar-refractivity contribution in [3.8, 4) is 0 Å². The molecule has 6 rings (SSSR count). The maximum Gasteiger partial charge on any atom is 0.406 e. The van der Waals surface area contributed by atoms with E-state index in [9.17, 15) is 27.6 Å². The summed E-state index contributed by atoms with van der Waals surface area (Å²) in [6.07, 6.45) is 0.765. The predicted molar refractivity (Wildman–Crippen MR) is 152 cm³/mol. The first-order chi connectivity index (χ1) is 20.6. The van der Waals surface area contributed by atoms with Crippen LogP contribution in [0.2, 0.25) is 5.02 Å². The van der Waals surface area contributed by atoms with Gasteiger partial charge < -0.3 is 20.0 Å². The molecule has 0 unspecified atom stereocenters. The van der Waals surface area contributed by atoms with Crippen molar-refractivity contribution in [1.82, 2.24) is 29.9 Å². The van der Waals surface area contributed by atoms with Crippen LogP contribution in [0.3, 0.4) is 0 Å². The third kappa shape index (κ3) is 6.13. The van der Waals surface area contributed by atoms with Gasteiger partial charge in [-0.1, -0.05) is 11.6 Å². The van der Waals surface area contributed by atoms with Crippen molar-refractivity contribution in [3.05, 3.63) is 52.4 Å². The SMILES string of the molecule is O=C(C[C@@H]1CCc2cc(Cl)c3[nH]ncc3c2CN(CC(F)(F)F)C1=O)N1CCC(N2CCc3ncccc3NC2=O)CC1. The summed E-state index contributed by atoms with van der Waals surface area (Å²) in [5, 5.41) is 10.7. The van der Waals surface area contributed by atoms with Crippen molar-refractivity contribution in [2.75, 3.05) is 31.5 Å². The molecule has 1 aromatic carbocycles. The molecule has 3 aliphatic rings. The number of aryl methyl sites for hydroxylation is 1. The number of aromatic nitrogens is 3. The van der Waals surface area contributed by atoms with Gasteiger partial charge in [0.25, 0.3) is 0 Å². The number of nitrogens with zero attached hydrogens (tertiary/aromatic N) is 5. The number of rotatable bonds is 4. The van der Waals surface area contributed by atoms with E-state index in [0.29, 0.717) is 72.5 Å². The number of anilines is 1. The maximum atomic E-state index is 13.6. The third-order valence-electron chi connectivity index (χ3n) is 8.70. The first-order valence-electron chi connectivity index (χ1n) is 14.4. The zero-order chi connectivity index (χ0) is 30.3. The number of carbonyl (C=O) groups excluding carboxylic acids is 3. The van der Waals surface area contributed by atoms with E-state index in [0.717, 1.165) is 16.2 Å². The Morgan fingerprint density at radius 1 is 1.12 bits per heavy atom. The van der Waals surface area contributed by atoms with Gasteiger partial charge in [-0.2, -0.15) is 18.3 Å². The highest BCUT2D eigenvalue weighted by Gasteiger charge is 2.39. The number of urea groups is 1. The summed E-state index contributed by atoms with van der Waals surface area (Å²) in [6.45, 7) is -0.378. The van der Waals surface area contributed by atoms with Gasteiger partial charge in [0.1, 0.15) is 6.54 Å². The Hall–Kier alpha value is -3.87. The van der Waals surface area contributed by atoms with Crippen molar-refractivity contribution in [2.45, 2.75) is 57.3 Å². The van der Waals surface area contributed by atoms with Gasteiger partial charge in [-0.15, -0.1) is 0 Å². The highest BCUT2D eigenvalue weighted by atomic mass is 35.5. The second kappa shape index (κ2) is 11.7. The number of aromatic amines is 1. The fourth-order valence-electron chi connectivity index (χ4n) is 6.49. The lowest BCUT2D eigenvalue weighted by Gasteiger charge is -2.38. The number of likely N-dealkylation sites (tertiary alicyclic amines) is 1. The van der Waals surface area contributed by atoms with E-state index in [2.05, 4.69) is 20.5 Å². The number of carbonyl (C=O) groups is 3. The van der Waals surface area contributed by atoms with E-state index in [4.69, 9.17) is 11.6 Å². The Morgan fingerprint density at radius 2 is 1.91 bits per heavy atom. The first-order valence-corrected chi connectivity index (χ1v) is 14.7. The zero-order valence-corrected chi connectivity index (χ0v) is 24.0. The Kier molecular flexibility index (Phi) is 7.92. The molecule has 2 aromatic heterocycles. The fraction of sp³-hybridized carbons (Fsp3) is 0.483. The normalized spacial score (nSPS) is 20.3. The van der Waals surface area contributed by atoms with Crippen LogP contribution in [0, 0.1) is 5.92 Å². The molecule has 1 atom stereocenters. The molecule has 0 spiro atoms. The average Bonchev–Trinajstić information content (AvgIpc) is 3.40. The Bertz CT molecular complexity index is 1550. The predicted octanol–water partition coefficient (Wildman–Crippen LogP) is 4.54. The number of amides is 4. The monoisotopic (exact) mass is 617 g/mol. The molecule has 3 aliphatic heterocycles. The minimum atomic E-state index is -4.61. The van der Waals surface area contributed by atoms with Crippen LogP contribution in [-0.2, 0) is 29.0 Å². The molecular formula is C29H31ClF3N7O3. The van der Waals surface area contributed by atoms with Crippen LogP contribution in [0.15, 0.2) is 30.6 Å². The van der Waals surface area contributed by atoms with Crippen LogP contribution in [-0.4, -0.2) is 86.1 Å². The number of pyridine rings is 1. The summed E-state index contributed by atoms with van der Waals surface area (Å²) in [5.74, 6) is -1.86. The van der Waals surface area contributed by atoms with E-state index < -0.39 is 24.5 Å². The molecule has 0 radical (unpaired) electrons. The molecule has 14 heteroatoms. The Balaban J connectivity index is 1.13. The highest BCUT2D eigenvalue weighted by molar-refractivity contribution is 6.35. The van der Waals surface area contributed by atoms with Gasteiger partial charge in [0.15, 0.2) is 0 Å². The van der Waals surface area contributed by atoms with Crippen LogP contribution >= 0.6 is 11.6 Å². The van der Waals surface area contributed by atoms with Crippen LogP contribution in [0.25, 0.3) is 10.9 Å². The standard InChI is InChI=1S/C29H31ClF3N7O3/c30-22-12-17-3-4-18(27(42)39(16-29(31,32)33)15-21(17)20-14-35-37-26(20)22)13-25(41)38-9-5-19(6-10-38)40-11-7-23-24(36-28(40)43)2-1-8-34-23/h1-2,8,12,14,18-19H,3-7,9-11,13,15-16H2,(H,35,37)(H,36,43)/t18-/m0/s1. The molecule has 228 valence electrons. The van der Waals surface area contributed by atoms with E-state index in [1.807, 2.05) is 6.07 Å². The highest BCUT2D eigenvalue weighted by Crippen LogP contribution is 2.34. The minimum absolute atomic E-state index is 0.0651. The lowest BCUT2D eigenvalue weighted by atomic mass is 9.88. The number of alkyl halides is 3. The molecule has 0 aliphatic carbocycles. The molecule has 3 aromatic rings. The van der Waals surface area contributed by atoms with E-state index in [1.165, 1.54) is 6.20 Å². The smallest absolute Gasteiger partial charge is 0.343 e. The molecular weight excluding hydrogens is 587 g/mol. The average molecular weight is 618 g/mol. The fourth-order valence-corrected chi connectivity index (χ4v) is 6.77. The number of halogens is 4. The largest absolute Gasteiger partial charge is 0.406 e. The number of H-pyrrole nitrogens is 1. The molecule has 4 amide bonds. The lowest BCUT2D eigenvalue weighted by molar-refractivity contribution is -0.166. The summed E-state index contributed by atoms with van der Waals surface area (Å²) in [7, 11) is 0. The molecule has 0 saturated carbocycles. The number of hydrogen-bond acceptors (Lipinski definition) is 5. The Morgan fingerprint density at radius 3 is 2.67 bits per heavy atom. The van der Waals surface area contributed by atoms with Crippen molar-refractivity contribution >= 4 is 46.0 Å². The van der Waals surface area contributed by atoms with Gasteiger partial charge in [-0.3, -0.25) is 19.7 Å². The van der Waals surface area contributed by atoms with Gasteiger partial charge in [0.2, 0.25) is 11.8 Å². The number of piperidine rings is 1. The van der Waals surface area contributed by atoms with Crippen LogP contribution in [0.5, 0.6) is 0 Å². The van der Waals surface area contributed by atoms with Gasteiger partial charge in [-0.25, -0.2) is 4.79 Å². The summed E-state index contributed by atoms with van der Waals surface area (Å²) in [5.41, 5.74) is 3.35. The van der Waals surface area contributed by atoms with Gasteiger partial charge >= 0.3 is 12.2 Å². The third-order valence-corrected chi connectivity index (χ3v) is 8.99. The zero-order valence-electron chi connectivity index (χ0n) is 23.3. The summed E-state index contributed by atoms with van der Waals surface area (Å²) < 4.78 is 40.8. The maximum absolute atomic E-state index is 13.6. The topological polar surface area (TPSA) is 115 Å². The van der Waals surface area contributed by atoms with Crippen molar-refractivity contribution in [1.29, 1.82) is 0 Å². The van der Waals surface area contributed by atoms with Crippen molar-refractivity contribution in [2.24, 2.45) is 5.92 Å². The van der Waals surface area contributed by atoms with E-state index >= 15 is 0 Å². The van der Waals surface area contributed by atoms with Crippen LogP contribution in [0.4, 0.5) is 23.7 Å². The Labute approximate surface area is 250 Å². The first kappa shape index (κ1) is 29.2. The second-order valence-corrected chi connectivity index (χ2v) is 11.8. The molecule has 43 heavy (non-hydrogen) atoms. The molecule has 2 N–H and O–H groups in total. The van der Waals surface area contributed by atoms with Gasteiger partial charge in [0.05, 0.1) is 28.1 Å². The van der Waals surface area contributed by atoms with E-state index in [1.54, 1.807) is 28.1 Å². The number of nitrogens with one attached hydrogen (secondary N) is 2. The lowest BCUT2D eigenvalue weighted by Crippen LogP contribution is -2.50. The van der Waals surface area contributed by atoms with Gasteiger partial charge in [0, 0.05) is 62.6 Å². The molecule has 1 fully saturated rings. The summed E-state index contributed by atoms with van der Waals surface area (Å²) in [6, 6.07) is 5.03. The molecule has 1 saturated heterocycles. The summed E-state index contributed by atoms with van der Waals surface area (Å²) >= 11 is 6.41. The number of hydrogen-bond donors (Lipinski definition) is 2. The minimum Gasteiger partial charge on any atom is -0.343 e. The summed E-state index contributed by atoms with van der Waals surface area (Å²) in [4.78, 5) is 48.4. The number of benzene rings is 1. The second-order valence-electron chi connectivity index (χ2n) is 11.4. The van der Waals surface area contributed by atoms with Crippen LogP contribution < -0.4 is 5.32 Å². The van der Waals surface area contributed by atoms with Crippen molar-refractivity contribution < 1.29 is 27.6 Å². The molecule has 10 nitrogen and oxygen atoms in total. The van der Waals surface area contributed by atoms with Gasteiger partial charge in [-0.05, 0) is 55.0 Å². The molecule has 5 heterocycles. The van der Waals surface area contributed by atoms with Crippen molar-refractivity contribution in [3.63, 3.8) is 0 Å². The van der Waals surface area contributed by atoms with E-state index in [-0.39, 0.29) is 37.4 Å². The number of fused-ring (bicyclic) bond motifs is 4. The molecule has 0 bridgehead atoms. The quantitative estimate of drug-likeness (QED) is 0.446.